The minimum atomic E-state index is -0.891. The van der Waals surface area contributed by atoms with Crippen molar-refractivity contribution >= 4 is 11.9 Å². The van der Waals surface area contributed by atoms with Gasteiger partial charge >= 0.3 is 5.97 Å². The molecule has 5 nitrogen and oxygen atoms in total. The quantitative estimate of drug-likeness (QED) is 0.712. The zero-order chi connectivity index (χ0) is 10.7. The Morgan fingerprint density at radius 3 is 2.79 bits per heavy atom. The van der Waals surface area contributed by atoms with Crippen molar-refractivity contribution in [1.82, 2.24) is 10.0 Å². The molecule has 1 N–H and O–H groups in total. The van der Waals surface area contributed by atoms with Crippen molar-refractivity contribution in [2.24, 2.45) is 0 Å². The summed E-state index contributed by atoms with van der Waals surface area (Å²) in [4.78, 5) is 22.2. The van der Waals surface area contributed by atoms with Gasteiger partial charge in [0.1, 0.15) is 6.04 Å². The molecule has 0 radical (unpaired) electrons. The molecule has 5 heteroatoms. The van der Waals surface area contributed by atoms with Crippen molar-refractivity contribution in [2.45, 2.75) is 32.7 Å². The Labute approximate surface area is 83.3 Å². The van der Waals surface area contributed by atoms with Gasteiger partial charge in [0.25, 0.3) is 0 Å². The van der Waals surface area contributed by atoms with Crippen LogP contribution in [0, 0.1) is 0 Å². The first-order valence-electron chi connectivity index (χ1n) is 4.87. The Hall–Kier alpha value is -1.10. The van der Waals surface area contributed by atoms with Crippen LogP contribution in [0.3, 0.4) is 0 Å². The zero-order valence-electron chi connectivity index (χ0n) is 8.56. The third-order valence-electron chi connectivity index (χ3n) is 2.48. The zero-order valence-corrected chi connectivity index (χ0v) is 8.56. The normalized spacial score (nSPS) is 21.0. The predicted octanol–water partition coefficient (Wildman–Crippen LogP) is 0.319. The number of carboxylic acid groups (broad SMARTS) is 1. The van der Waals surface area contributed by atoms with E-state index in [2.05, 4.69) is 0 Å². The van der Waals surface area contributed by atoms with Gasteiger partial charge in [0, 0.05) is 19.5 Å². The summed E-state index contributed by atoms with van der Waals surface area (Å²) in [5.74, 6) is -0.870. The van der Waals surface area contributed by atoms with E-state index in [1.165, 1.54) is 5.01 Å². The fourth-order valence-electron chi connectivity index (χ4n) is 1.67. The molecule has 0 aliphatic carbocycles. The third kappa shape index (κ3) is 2.04. The lowest BCUT2D eigenvalue weighted by Gasteiger charge is -2.39. The van der Waals surface area contributed by atoms with Crippen molar-refractivity contribution in [2.75, 3.05) is 13.1 Å². The van der Waals surface area contributed by atoms with E-state index in [-0.39, 0.29) is 5.91 Å². The first-order valence-corrected chi connectivity index (χ1v) is 4.87. The number of amides is 1. The van der Waals surface area contributed by atoms with Crippen LogP contribution < -0.4 is 0 Å². The second-order valence-corrected chi connectivity index (χ2v) is 3.39. The number of carbonyl (C=O) groups excluding carboxylic acids is 1. The Morgan fingerprint density at radius 1 is 1.64 bits per heavy atom. The summed E-state index contributed by atoms with van der Waals surface area (Å²) in [5.41, 5.74) is 0. The molecule has 1 saturated heterocycles. The first kappa shape index (κ1) is 11.0. The van der Waals surface area contributed by atoms with E-state index in [1.54, 1.807) is 11.9 Å². The van der Waals surface area contributed by atoms with Gasteiger partial charge in [-0.2, -0.15) is 0 Å². The number of aliphatic carboxylic acids is 1. The van der Waals surface area contributed by atoms with E-state index in [4.69, 9.17) is 5.11 Å². The number of hydrogen-bond donors (Lipinski definition) is 1. The minimum absolute atomic E-state index is 0.0202. The number of hydrazine groups is 1. The average molecular weight is 200 g/mol. The molecule has 0 saturated carbocycles. The van der Waals surface area contributed by atoms with Crippen molar-refractivity contribution in [3.63, 3.8) is 0 Å². The SMILES string of the molecule is CCN1C(=O)CCCN1C(C)C(=O)O. The molecule has 0 aromatic heterocycles. The van der Waals surface area contributed by atoms with E-state index in [1.807, 2.05) is 6.92 Å². The van der Waals surface area contributed by atoms with Gasteiger partial charge in [0.2, 0.25) is 5.91 Å². The predicted molar refractivity (Wildman–Crippen MR) is 50.4 cm³/mol. The molecule has 1 atom stereocenters. The Kier molecular flexibility index (Phi) is 3.46. The fraction of sp³-hybridized carbons (Fsp3) is 0.778. The highest BCUT2D eigenvalue weighted by molar-refractivity contribution is 5.78. The van der Waals surface area contributed by atoms with Crippen molar-refractivity contribution in [1.29, 1.82) is 0 Å². The fourth-order valence-corrected chi connectivity index (χ4v) is 1.67. The summed E-state index contributed by atoms with van der Waals surface area (Å²) in [5, 5.41) is 12.0. The molecule has 80 valence electrons. The van der Waals surface area contributed by atoms with Crippen LogP contribution in [0.5, 0.6) is 0 Å². The summed E-state index contributed by atoms with van der Waals surface area (Å²) in [6.07, 6.45) is 1.27. The number of carbonyl (C=O) groups is 2. The van der Waals surface area contributed by atoms with Crippen molar-refractivity contribution in [3.8, 4) is 0 Å². The van der Waals surface area contributed by atoms with Crippen LogP contribution in [0.15, 0.2) is 0 Å². The van der Waals surface area contributed by atoms with Crippen LogP contribution in [0.25, 0.3) is 0 Å². The lowest BCUT2D eigenvalue weighted by Crippen LogP contribution is -2.56. The van der Waals surface area contributed by atoms with Crippen LogP contribution in [0.1, 0.15) is 26.7 Å². The van der Waals surface area contributed by atoms with Gasteiger partial charge in [-0.3, -0.25) is 14.6 Å². The summed E-state index contributed by atoms with van der Waals surface area (Å²) in [7, 11) is 0. The second kappa shape index (κ2) is 4.41. The topological polar surface area (TPSA) is 60.9 Å². The summed E-state index contributed by atoms with van der Waals surface area (Å²) in [6, 6.07) is -0.626. The smallest absolute Gasteiger partial charge is 0.322 e. The van der Waals surface area contributed by atoms with E-state index >= 15 is 0 Å². The van der Waals surface area contributed by atoms with E-state index in [9.17, 15) is 9.59 Å². The van der Waals surface area contributed by atoms with E-state index < -0.39 is 12.0 Å². The molecular weight excluding hydrogens is 184 g/mol. The molecule has 0 aromatic rings. The van der Waals surface area contributed by atoms with Gasteiger partial charge in [0.15, 0.2) is 0 Å². The van der Waals surface area contributed by atoms with E-state index in [0.717, 1.165) is 6.42 Å². The van der Waals surface area contributed by atoms with E-state index in [0.29, 0.717) is 19.5 Å². The van der Waals surface area contributed by atoms with Gasteiger partial charge in [0.05, 0.1) is 0 Å². The van der Waals surface area contributed by atoms with Gasteiger partial charge in [-0.15, -0.1) is 0 Å². The molecule has 0 bridgehead atoms. The maximum absolute atomic E-state index is 11.5. The summed E-state index contributed by atoms with van der Waals surface area (Å²) >= 11 is 0. The maximum atomic E-state index is 11.5. The lowest BCUT2D eigenvalue weighted by molar-refractivity contribution is -0.168. The second-order valence-electron chi connectivity index (χ2n) is 3.39. The molecule has 0 aromatic carbocycles. The van der Waals surface area contributed by atoms with Crippen LogP contribution >= 0.6 is 0 Å². The molecule has 1 unspecified atom stereocenters. The Bertz CT molecular complexity index is 242. The highest BCUT2D eigenvalue weighted by Crippen LogP contribution is 2.15. The average Bonchev–Trinajstić information content (AvgIpc) is 2.16. The van der Waals surface area contributed by atoms with Crippen molar-refractivity contribution in [3.05, 3.63) is 0 Å². The molecule has 1 aliphatic rings. The number of carboxylic acids is 1. The van der Waals surface area contributed by atoms with Crippen LogP contribution in [-0.4, -0.2) is 46.1 Å². The molecule has 0 spiro atoms. The Morgan fingerprint density at radius 2 is 2.29 bits per heavy atom. The largest absolute Gasteiger partial charge is 0.480 e. The molecule has 1 amide bonds. The standard InChI is InChI=1S/C9H16N2O3/c1-3-10-8(12)5-4-6-11(10)7(2)9(13)14/h7H,3-6H2,1-2H3,(H,13,14). The van der Waals surface area contributed by atoms with Crippen molar-refractivity contribution < 1.29 is 14.7 Å². The lowest BCUT2D eigenvalue weighted by atomic mass is 10.2. The van der Waals surface area contributed by atoms with Gasteiger partial charge in [-0.05, 0) is 20.3 Å². The third-order valence-corrected chi connectivity index (χ3v) is 2.48. The Balaban J connectivity index is 2.74. The molecular formula is C9H16N2O3. The molecule has 1 fully saturated rings. The maximum Gasteiger partial charge on any atom is 0.322 e. The molecule has 1 rings (SSSR count). The number of hydrogen-bond acceptors (Lipinski definition) is 3. The molecule has 14 heavy (non-hydrogen) atoms. The molecule has 1 heterocycles. The highest BCUT2D eigenvalue weighted by atomic mass is 16.4. The first-order chi connectivity index (χ1) is 6.57. The van der Waals surface area contributed by atoms with Gasteiger partial charge in [-0.1, -0.05) is 0 Å². The van der Waals surface area contributed by atoms with Crippen LogP contribution in [0.2, 0.25) is 0 Å². The number of nitrogens with zero attached hydrogens (tertiary/aromatic N) is 2. The van der Waals surface area contributed by atoms with Gasteiger partial charge < -0.3 is 5.11 Å². The van der Waals surface area contributed by atoms with Crippen LogP contribution in [-0.2, 0) is 9.59 Å². The summed E-state index contributed by atoms with van der Waals surface area (Å²) in [6.45, 7) is 4.64. The monoisotopic (exact) mass is 200 g/mol. The van der Waals surface area contributed by atoms with Gasteiger partial charge in [-0.25, -0.2) is 5.01 Å². The minimum Gasteiger partial charge on any atom is -0.480 e. The summed E-state index contributed by atoms with van der Waals surface area (Å²) < 4.78 is 0. The van der Waals surface area contributed by atoms with Crippen LogP contribution in [0.4, 0.5) is 0 Å². The number of rotatable bonds is 3. The molecule has 1 aliphatic heterocycles. The highest BCUT2D eigenvalue weighted by Gasteiger charge is 2.31.